The molecule has 2 N–H and O–H groups in total. The predicted octanol–water partition coefficient (Wildman–Crippen LogP) is 3.09. The van der Waals surface area contributed by atoms with Gasteiger partial charge < -0.3 is 33.7 Å². The molecule has 202 valence electrons. The normalized spacial score (nSPS) is 14.7. The molecule has 0 unspecified atom stereocenters. The third-order valence-electron chi connectivity index (χ3n) is 6.71. The fourth-order valence-electron chi connectivity index (χ4n) is 4.58. The molecule has 2 heterocycles. The van der Waals surface area contributed by atoms with E-state index in [2.05, 4.69) is 9.80 Å². The largest absolute Gasteiger partial charge is 0.504 e. The van der Waals surface area contributed by atoms with E-state index in [0.29, 0.717) is 17.9 Å². The molecule has 1 atom stereocenters. The van der Waals surface area contributed by atoms with Gasteiger partial charge in [0.25, 0.3) is 0 Å². The summed E-state index contributed by atoms with van der Waals surface area (Å²) in [6.45, 7) is 3.42. The van der Waals surface area contributed by atoms with Crippen LogP contribution in [0, 0.1) is 0 Å². The lowest BCUT2D eigenvalue weighted by Crippen LogP contribution is -2.46. The summed E-state index contributed by atoms with van der Waals surface area (Å²) in [7, 11) is 4.31. The number of ether oxygens (including phenoxy) is 3. The van der Waals surface area contributed by atoms with E-state index >= 15 is 0 Å². The number of hydrogen-bond acceptors (Lipinski definition) is 10. The van der Waals surface area contributed by atoms with Gasteiger partial charge in [-0.15, -0.1) is 0 Å². The molecule has 1 aliphatic rings. The summed E-state index contributed by atoms with van der Waals surface area (Å²) in [5, 5.41) is 20.9. The summed E-state index contributed by atoms with van der Waals surface area (Å²) in [6.07, 6.45) is -0.206. The lowest BCUT2D eigenvalue weighted by molar-refractivity contribution is -0.140. The fraction of sp³-hybridized carbons (Fsp3) is 0.357. The van der Waals surface area contributed by atoms with Crippen molar-refractivity contribution in [1.82, 2.24) is 4.90 Å². The molecule has 10 heteroatoms. The Morgan fingerprint density at radius 2 is 1.68 bits per heavy atom. The number of carbonyl (C=O) groups excluding carboxylic acids is 1. The molecule has 1 aliphatic heterocycles. The molecule has 3 aromatic rings. The average molecular weight is 525 g/mol. The van der Waals surface area contributed by atoms with Crippen LogP contribution in [0.25, 0.3) is 0 Å². The molecule has 0 bridgehead atoms. The smallest absolute Gasteiger partial charge is 0.306 e. The van der Waals surface area contributed by atoms with E-state index in [1.165, 1.54) is 32.4 Å². The number of rotatable bonds is 9. The second-order valence-corrected chi connectivity index (χ2v) is 9.02. The third-order valence-corrected chi connectivity index (χ3v) is 6.71. The number of esters is 1. The van der Waals surface area contributed by atoms with Crippen molar-refractivity contribution in [2.24, 2.45) is 0 Å². The van der Waals surface area contributed by atoms with E-state index in [-0.39, 0.29) is 23.7 Å². The Bertz CT molecular complexity index is 1310. The van der Waals surface area contributed by atoms with Gasteiger partial charge in [-0.25, -0.2) is 0 Å². The fourth-order valence-corrected chi connectivity index (χ4v) is 4.58. The SMILES string of the molecule is COC(=O)C[C@@H](c1ccc(OC)c(O)c1)c1oc(CN2CCN(c3ccc(OC)cc3)CC2)cc(=O)c1O. The first-order chi connectivity index (χ1) is 18.3. The standard InChI is InChI=1S/C28H32N2O8/c1-35-20-7-5-19(6-8-20)30-12-10-29(11-13-30)17-21-15-24(32)27(34)28(38-21)22(16-26(33)37-3)18-4-9-25(36-2)23(31)14-18/h4-9,14-15,22,31,34H,10-13,16-17H2,1-3H3/t22-/m0/s1. The number of anilines is 1. The van der Waals surface area contributed by atoms with Crippen molar-refractivity contribution in [2.75, 3.05) is 52.4 Å². The topological polar surface area (TPSA) is 122 Å². The molecule has 0 radical (unpaired) electrons. The Morgan fingerprint density at radius 3 is 2.29 bits per heavy atom. The number of piperazine rings is 1. The molecule has 4 rings (SSSR count). The molecule has 1 aromatic heterocycles. The summed E-state index contributed by atoms with van der Waals surface area (Å²) < 4.78 is 21.2. The summed E-state index contributed by atoms with van der Waals surface area (Å²) in [5.74, 6) is -0.784. The molecule has 0 amide bonds. The van der Waals surface area contributed by atoms with E-state index in [9.17, 15) is 19.8 Å². The van der Waals surface area contributed by atoms with Crippen LogP contribution in [0.1, 0.15) is 29.4 Å². The molecular weight excluding hydrogens is 492 g/mol. The molecule has 2 aromatic carbocycles. The summed E-state index contributed by atoms with van der Waals surface area (Å²) >= 11 is 0. The van der Waals surface area contributed by atoms with Gasteiger partial charge in [-0.3, -0.25) is 14.5 Å². The summed E-state index contributed by atoms with van der Waals surface area (Å²) in [4.78, 5) is 29.4. The maximum atomic E-state index is 12.7. The van der Waals surface area contributed by atoms with E-state index in [4.69, 9.17) is 18.6 Å². The highest BCUT2D eigenvalue weighted by atomic mass is 16.5. The Balaban J connectivity index is 1.55. The number of methoxy groups -OCH3 is 3. The van der Waals surface area contributed by atoms with Crippen LogP contribution >= 0.6 is 0 Å². The number of phenolic OH excluding ortho intramolecular Hbond substituents is 1. The van der Waals surface area contributed by atoms with Crippen LogP contribution in [-0.4, -0.2) is 68.6 Å². The van der Waals surface area contributed by atoms with E-state index in [0.717, 1.165) is 37.6 Å². The van der Waals surface area contributed by atoms with Gasteiger partial charge in [0.2, 0.25) is 11.2 Å². The maximum Gasteiger partial charge on any atom is 0.306 e. The van der Waals surface area contributed by atoms with Gasteiger partial charge in [-0.2, -0.15) is 0 Å². The number of aromatic hydroxyl groups is 2. The van der Waals surface area contributed by atoms with Crippen molar-refractivity contribution >= 4 is 11.7 Å². The Hall–Kier alpha value is -4.18. The minimum Gasteiger partial charge on any atom is -0.504 e. The van der Waals surface area contributed by atoms with E-state index < -0.39 is 23.1 Å². The van der Waals surface area contributed by atoms with Crippen LogP contribution in [0.5, 0.6) is 23.0 Å². The monoisotopic (exact) mass is 524 g/mol. The van der Waals surface area contributed by atoms with Crippen molar-refractivity contribution in [1.29, 1.82) is 0 Å². The first-order valence-electron chi connectivity index (χ1n) is 12.2. The van der Waals surface area contributed by atoms with Crippen LogP contribution in [0.15, 0.2) is 57.7 Å². The summed E-state index contributed by atoms with van der Waals surface area (Å²) in [5.41, 5.74) is 0.959. The predicted molar refractivity (Wildman–Crippen MR) is 140 cm³/mol. The molecule has 38 heavy (non-hydrogen) atoms. The highest BCUT2D eigenvalue weighted by molar-refractivity contribution is 5.71. The van der Waals surface area contributed by atoms with Crippen molar-refractivity contribution < 1.29 is 33.6 Å². The molecule has 10 nitrogen and oxygen atoms in total. The first kappa shape index (κ1) is 26.9. The van der Waals surface area contributed by atoms with Crippen molar-refractivity contribution in [3.63, 3.8) is 0 Å². The van der Waals surface area contributed by atoms with Gasteiger partial charge in [0.05, 0.1) is 40.2 Å². The average Bonchev–Trinajstić information content (AvgIpc) is 2.94. The molecule has 1 saturated heterocycles. The van der Waals surface area contributed by atoms with Crippen LogP contribution in [-0.2, 0) is 16.1 Å². The number of nitrogens with zero attached hydrogens (tertiary/aromatic N) is 2. The summed E-state index contributed by atoms with van der Waals surface area (Å²) in [6, 6.07) is 13.8. The quantitative estimate of drug-likeness (QED) is 0.404. The number of benzene rings is 2. The van der Waals surface area contributed by atoms with E-state index in [1.54, 1.807) is 13.2 Å². The minimum atomic E-state index is -0.862. The van der Waals surface area contributed by atoms with E-state index in [1.807, 2.05) is 24.3 Å². The zero-order valence-corrected chi connectivity index (χ0v) is 21.7. The van der Waals surface area contributed by atoms with Crippen LogP contribution < -0.4 is 19.8 Å². The molecule has 0 saturated carbocycles. The maximum absolute atomic E-state index is 12.7. The lowest BCUT2D eigenvalue weighted by atomic mass is 9.92. The zero-order valence-electron chi connectivity index (χ0n) is 21.7. The molecule has 0 aliphatic carbocycles. The zero-order chi connectivity index (χ0) is 27.2. The number of hydrogen-bond donors (Lipinski definition) is 2. The Morgan fingerprint density at radius 1 is 0.974 bits per heavy atom. The van der Waals surface area contributed by atoms with Crippen molar-refractivity contribution in [3.8, 4) is 23.0 Å². The lowest BCUT2D eigenvalue weighted by Gasteiger charge is -2.36. The van der Waals surface area contributed by atoms with Gasteiger partial charge in [-0.1, -0.05) is 6.07 Å². The van der Waals surface area contributed by atoms with Crippen LogP contribution in [0.2, 0.25) is 0 Å². The van der Waals surface area contributed by atoms with Gasteiger partial charge >= 0.3 is 5.97 Å². The second-order valence-electron chi connectivity index (χ2n) is 9.02. The molecule has 0 spiro atoms. The third kappa shape index (κ3) is 6.03. The van der Waals surface area contributed by atoms with Gasteiger partial charge in [0.1, 0.15) is 11.5 Å². The second kappa shape index (κ2) is 11.9. The number of phenols is 1. The van der Waals surface area contributed by atoms with Crippen molar-refractivity contribution in [3.05, 3.63) is 75.8 Å². The minimum absolute atomic E-state index is 0.0562. The molecule has 1 fully saturated rings. The van der Waals surface area contributed by atoms with Crippen LogP contribution in [0.3, 0.4) is 0 Å². The van der Waals surface area contributed by atoms with Crippen molar-refractivity contribution in [2.45, 2.75) is 18.9 Å². The Kier molecular flexibility index (Phi) is 8.42. The highest BCUT2D eigenvalue weighted by Gasteiger charge is 2.28. The van der Waals surface area contributed by atoms with Gasteiger partial charge in [-0.05, 0) is 42.0 Å². The Labute approximate surface area is 220 Å². The van der Waals surface area contributed by atoms with Crippen LogP contribution in [0.4, 0.5) is 5.69 Å². The van der Waals surface area contributed by atoms with Gasteiger partial charge in [0.15, 0.2) is 17.3 Å². The highest BCUT2D eigenvalue weighted by Crippen LogP contribution is 2.37. The molecular formula is C28H32N2O8. The number of carbonyl (C=O) groups is 1. The van der Waals surface area contributed by atoms with Gasteiger partial charge in [0, 0.05) is 37.9 Å². The first-order valence-corrected chi connectivity index (χ1v) is 12.2.